The molecule has 35 heavy (non-hydrogen) atoms. The van der Waals surface area contributed by atoms with Crippen LogP contribution in [0.15, 0.2) is 35.9 Å². The number of hydrogen-bond acceptors (Lipinski definition) is 5. The second-order valence-electron chi connectivity index (χ2n) is 8.34. The fourth-order valence-corrected chi connectivity index (χ4v) is 5.00. The summed E-state index contributed by atoms with van der Waals surface area (Å²) in [5.41, 5.74) is 1.01. The van der Waals surface area contributed by atoms with Crippen molar-refractivity contribution in [1.82, 2.24) is 10.2 Å². The van der Waals surface area contributed by atoms with Gasteiger partial charge in [0.2, 0.25) is 0 Å². The highest BCUT2D eigenvalue weighted by atomic mass is 35.5. The number of carbonyl (C=O) groups excluding carboxylic acids is 3. The molecule has 1 saturated carbocycles. The molecule has 2 aromatic rings. The van der Waals surface area contributed by atoms with Crippen LogP contribution >= 0.6 is 34.8 Å². The van der Waals surface area contributed by atoms with Gasteiger partial charge in [-0.05, 0) is 48.7 Å². The third kappa shape index (κ3) is 5.58. The van der Waals surface area contributed by atoms with Gasteiger partial charge >= 0.3 is 6.03 Å². The van der Waals surface area contributed by atoms with E-state index < -0.39 is 17.8 Å². The molecule has 1 aliphatic heterocycles. The number of urea groups is 1. The third-order valence-electron chi connectivity index (χ3n) is 6.02. The Hall–Kier alpha value is -2.74. The standard InChI is InChI=1S/C25H23Cl3N2O5/c1-34-21-11-14(10-20(28)22(21)35-13-15-7-8-16(26)12-19(15)27)9-18-23(31)29-25(33)30(24(18)32)17-5-3-2-4-6-17/h7-12,17H,2-6,13H2,1H3,(H,29,31,33). The number of barbiturate groups is 1. The summed E-state index contributed by atoms with van der Waals surface area (Å²) in [6, 6.07) is 7.32. The highest BCUT2D eigenvalue weighted by Crippen LogP contribution is 2.38. The number of nitrogens with one attached hydrogen (secondary N) is 1. The van der Waals surface area contributed by atoms with Gasteiger partial charge in [-0.2, -0.15) is 0 Å². The number of imide groups is 2. The van der Waals surface area contributed by atoms with Crippen LogP contribution in [-0.2, 0) is 16.2 Å². The van der Waals surface area contributed by atoms with Crippen LogP contribution in [0.4, 0.5) is 4.79 Å². The molecule has 1 heterocycles. The fourth-order valence-electron chi connectivity index (χ4n) is 4.26. The summed E-state index contributed by atoms with van der Waals surface area (Å²) in [6.07, 6.45) is 5.79. The van der Waals surface area contributed by atoms with Crippen molar-refractivity contribution in [2.75, 3.05) is 7.11 Å². The van der Waals surface area contributed by atoms with Gasteiger partial charge in [0.05, 0.1) is 12.1 Å². The molecule has 10 heteroatoms. The zero-order chi connectivity index (χ0) is 25.1. The smallest absolute Gasteiger partial charge is 0.331 e. The molecule has 1 aliphatic carbocycles. The van der Waals surface area contributed by atoms with Gasteiger partial charge in [0.25, 0.3) is 11.8 Å². The lowest BCUT2D eigenvalue weighted by Gasteiger charge is -2.35. The molecule has 4 amide bonds. The molecule has 1 N–H and O–H groups in total. The van der Waals surface area contributed by atoms with Crippen molar-refractivity contribution in [3.63, 3.8) is 0 Å². The van der Waals surface area contributed by atoms with Crippen molar-refractivity contribution in [2.24, 2.45) is 0 Å². The van der Waals surface area contributed by atoms with Gasteiger partial charge in [-0.15, -0.1) is 0 Å². The largest absolute Gasteiger partial charge is 0.493 e. The molecular weight excluding hydrogens is 515 g/mol. The molecule has 0 aromatic heterocycles. The van der Waals surface area contributed by atoms with E-state index in [0.717, 1.165) is 32.1 Å². The van der Waals surface area contributed by atoms with Crippen LogP contribution in [0.25, 0.3) is 6.08 Å². The van der Waals surface area contributed by atoms with Crippen molar-refractivity contribution < 1.29 is 23.9 Å². The molecule has 1 saturated heterocycles. The average Bonchev–Trinajstić information content (AvgIpc) is 2.82. The minimum atomic E-state index is -0.750. The molecular formula is C25H23Cl3N2O5. The van der Waals surface area contributed by atoms with Gasteiger partial charge in [0.1, 0.15) is 12.2 Å². The van der Waals surface area contributed by atoms with Gasteiger partial charge in [-0.3, -0.25) is 19.8 Å². The molecule has 7 nitrogen and oxygen atoms in total. The quantitative estimate of drug-likeness (QED) is 0.359. The molecule has 4 rings (SSSR count). The van der Waals surface area contributed by atoms with Gasteiger partial charge in [-0.25, -0.2) is 4.79 Å². The van der Waals surface area contributed by atoms with Crippen molar-refractivity contribution in [2.45, 2.75) is 44.8 Å². The predicted molar refractivity (Wildman–Crippen MR) is 134 cm³/mol. The summed E-state index contributed by atoms with van der Waals surface area (Å²) in [7, 11) is 1.45. The number of halogens is 3. The maximum Gasteiger partial charge on any atom is 0.331 e. The Kier molecular flexibility index (Phi) is 7.89. The van der Waals surface area contributed by atoms with Crippen LogP contribution in [0.5, 0.6) is 11.5 Å². The maximum absolute atomic E-state index is 13.1. The maximum atomic E-state index is 13.1. The first-order chi connectivity index (χ1) is 16.8. The van der Waals surface area contributed by atoms with E-state index in [2.05, 4.69) is 5.32 Å². The van der Waals surface area contributed by atoms with E-state index in [1.807, 2.05) is 0 Å². The fraction of sp³-hybridized carbons (Fsp3) is 0.320. The number of nitrogens with zero attached hydrogens (tertiary/aromatic N) is 1. The van der Waals surface area contributed by atoms with Crippen LogP contribution in [-0.4, -0.2) is 35.9 Å². The Labute approximate surface area is 217 Å². The topological polar surface area (TPSA) is 84.9 Å². The highest BCUT2D eigenvalue weighted by molar-refractivity contribution is 6.35. The lowest BCUT2D eigenvalue weighted by molar-refractivity contribution is -0.132. The first-order valence-corrected chi connectivity index (χ1v) is 12.3. The van der Waals surface area contributed by atoms with E-state index in [9.17, 15) is 14.4 Å². The molecule has 2 aromatic carbocycles. The number of ether oxygens (including phenoxy) is 2. The number of amides is 4. The second kappa shape index (κ2) is 10.9. The van der Waals surface area contributed by atoms with Gasteiger partial charge in [0.15, 0.2) is 11.5 Å². The zero-order valence-electron chi connectivity index (χ0n) is 18.9. The lowest BCUT2D eigenvalue weighted by atomic mass is 9.93. The summed E-state index contributed by atoms with van der Waals surface area (Å²) in [4.78, 5) is 39.2. The normalized spacial score (nSPS) is 18.1. The van der Waals surface area contributed by atoms with Crippen LogP contribution in [0.2, 0.25) is 15.1 Å². The molecule has 0 bridgehead atoms. The van der Waals surface area contributed by atoms with E-state index in [4.69, 9.17) is 44.3 Å². The van der Waals surface area contributed by atoms with Crippen LogP contribution in [0, 0.1) is 0 Å². The highest BCUT2D eigenvalue weighted by Gasteiger charge is 2.40. The Morgan fingerprint density at radius 2 is 1.77 bits per heavy atom. The second-order valence-corrected chi connectivity index (χ2v) is 9.59. The first kappa shape index (κ1) is 25.4. The van der Waals surface area contributed by atoms with E-state index >= 15 is 0 Å². The minimum absolute atomic E-state index is 0.117. The van der Waals surface area contributed by atoms with Crippen molar-refractivity contribution in [3.05, 3.63) is 62.1 Å². The average molecular weight is 538 g/mol. The van der Waals surface area contributed by atoms with Gasteiger partial charge < -0.3 is 9.47 Å². The summed E-state index contributed by atoms with van der Waals surface area (Å²) in [6.45, 7) is 0.117. The van der Waals surface area contributed by atoms with Crippen molar-refractivity contribution in [3.8, 4) is 11.5 Å². The number of hydrogen-bond donors (Lipinski definition) is 1. The predicted octanol–water partition coefficient (Wildman–Crippen LogP) is 6.03. The molecule has 184 valence electrons. The van der Waals surface area contributed by atoms with E-state index in [0.29, 0.717) is 26.9 Å². The van der Waals surface area contributed by atoms with E-state index in [-0.39, 0.29) is 29.0 Å². The van der Waals surface area contributed by atoms with Crippen molar-refractivity contribution >= 4 is 58.7 Å². The minimum Gasteiger partial charge on any atom is -0.493 e. The number of carbonyl (C=O) groups is 3. The zero-order valence-corrected chi connectivity index (χ0v) is 21.2. The molecule has 0 unspecified atom stereocenters. The molecule has 0 radical (unpaired) electrons. The number of methoxy groups -OCH3 is 1. The van der Waals surface area contributed by atoms with Crippen LogP contribution in [0.3, 0.4) is 0 Å². The summed E-state index contributed by atoms with van der Waals surface area (Å²) in [5, 5.41) is 3.45. The van der Waals surface area contributed by atoms with Gasteiger partial charge in [0, 0.05) is 21.7 Å². The summed E-state index contributed by atoms with van der Waals surface area (Å²) < 4.78 is 11.3. The van der Waals surface area contributed by atoms with E-state index in [1.165, 1.54) is 18.1 Å². The molecule has 2 aliphatic rings. The van der Waals surface area contributed by atoms with Gasteiger partial charge in [-0.1, -0.05) is 60.1 Å². The van der Waals surface area contributed by atoms with E-state index in [1.54, 1.807) is 30.3 Å². The number of rotatable bonds is 6. The Bertz CT molecular complexity index is 1210. The molecule has 0 atom stereocenters. The Morgan fingerprint density at radius 1 is 1.03 bits per heavy atom. The van der Waals surface area contributed by atoms with Crippen LogP contribution in [0.1, 0.15) is 43.2 Å². The van der Waals surface area contributed by atoms with Crippen molar-refractivity contribution in [1.29, 1.82) is 0 Å². The molecule has 0 spiro atoms. The Morgan fingerprint density at radius 3 is 2.46 bits per heavy atom. The summed E-state index contributed by atoms with van der Waals surface area (Å²) >= 11 is 18.6. The third-order valence-corrected chi connectivity index (χ3v) is 6.89. The Balaban J connectivity index is 1.60. The monoisotopic (exact) mass is 536 g/mol. The SMILES string of the molecule is COc1cc(C=C2C(=O)NC(=O)N(C3CCCCC3)C2=O)cc(Cl)c1OCc1ccc(Cl)cc1Cl. The number of benzene rings is 2. The molecule has 2 fully saturated rings. The van der Waals surface area contributed by atoms with Crippen LogP contribution < -0.4 is 14.8 Å². The first-order valence-electron chi connectivity index (χ1n) is 11.1. The lowest BCUT2D eigenvalue weighted by Crippen LogP contribution is -2.58. The summed E-state index contributed by atoms with van der Waals surface area (Å²) in [5.74, 6) is -0.780.